The van der Waals surface area contributed by atoms with E-state index in [-0.39, 0.29) is 30.3 Å². The van der Waals surface area contributed by atoms with E-state index in [1.807, 2.05) is 39.0 Å². The number of urea groups is 1. The summed E-state index contributed by atoms with van der Waals surface area (Å²) in [5, 5.41) is 14.0. The van der Waals surface area contributed by atoms with Crippen LogP contribution >= 0.6 is 0 Å². The number of benzene rings is 2. The highest BCUT2D eigenvalue weighted by Crippen LogP contribution is 2.35. The maximum atomic E-state index is 14.0. The zero-order valence-corrected chi connectivity index (χ0v) is 34.3. The average molecular weight is 790 g/mol. The van der Waals surface area contributed by atoms with E-state index in [4.69, 9.17) is 4.74 Å². The number of amides is 4. The van der Waals surface area contributed by atoms with Crippen LogP contribution in [0.1, 0.15) is 77.5 Å². The van der Waals surface area contributed by atoms with Crippen LogP contribution in [0.3, 0.4) is 0 Å². The van der Waals surface area contributed by atoms with Crippen molar-refractivity contribution in [2.24, 2.45) is 0 Å². The number of anilines is 3. The Morgan fingerprint density at radius 3 is 2.29 bits per heavy atom. The first-order valence-electron chi connectivity index (χ1n) is 20.4. The Bertz CT molecular complexity index is 2180. The summed E-state index contributed by atoms with van der Waals surface area (Å²) in [7, 11) is 2.11. The first-order valence-corrected chi connectivity index (χ1v) is 20.4. The normalized spacial score (nSPS) is 16.8. The molecule has 0 unspecified atom stereocenters. The molecule has 2 aromatic heterocycles. The fourth-order valence-electron chi connectivity index (χ4n) is 8.56. The number of aryl methyl sites for hydroxylation is 2. The van der Waals surface area contributed by atoms with E-state index in [0.717, 1.165) is 104 Å². The lowest BCUT2D eigenvalue weighted by atomic mass is 9.95. The van der Waals surface area contributed by atoms with Crippen LogP contribution < -0.4 is 30.9 Å². The molecule has 14 nitrogen and oxygen atoms in total. The minimum atomic E-state index is -0.468. The van der Waals surface area contributed by atoms with Crippen LogP contribution in [0.15, 0.2) is 59.4 Å². The monoisotopic (exact) mass is 789 g/mol. The molecular formula is C44H55N9O5. The molecular weight excluding hydrogens is 735 g/mol. The lowest BCUT2D eigenvalue weighted by Crippen LogP contribution is -2.50. The summed E-state index contributed by atoms with van der Waals surface area (Å²) < 4.78 is 5.70. The Kier molecular flexibility index (Phi) is 12.5. The zero-order chi connectivity index (χ0) is 40.9. The first-order chi connectivity index (χ1) is 28.0. The van der Waals surface area contributed by atoms with Crippen LogP contribution in [-0.2, 0) is 22.6 Å². The molecule has 14 heteroatoms. The largest absolute Gasteiger partial charge is 0.381 e. The van der Waals surface area contributed by atoms with Gasteiger partial charge >= 0.3 is 6.03 Å². The number of ether oxygens (including phenoxy) is 1. The van der Waals surface area contributed by atoms with Crippen molar-refractivity contribution in [1.82, 2.24) is 30.7 Å². The number of carbonyl (C=O) groups excluding carboxylic acids is 3. The van der Waals surface area contributed by atoms with Crippen molar-refractivity contribution in [3.8, 4) is 11.1 Å². The molecule has 5 heterocycles. The first kappa shape index (κ1) is 40.6. The summed E-state index contributed by atoms with van der Waals surface area (Å²) in [6.45, 7) is 13.1. The van der Waals surface area contributed by atoms with Crippen molar-refractivity contribution < 1.29 is 19.1 Å². The maximum absolute atomic E-state index is 14.0. The molecule has 3 fully saturated rings. The average Bonchev–Trinajstić information content (AvgIpc) is 3.22. The van der Waals surface area contributed by atoms with Gasteiger partial charge in [0, 0.05) is 99.2 Å². The summed E-state index contributed by atoms with van der Waals surface area (Å²) >= 11 is 0. The van der Waals surface area contributed by atoms with Crippen LogP contribution in [0.5, 0.6) is 0 Å². The van der Waals surface area contributed by atoms with Crippen LogP contribution in [0.2, 0.25) is 0 Å². The van der Waals surface area contributed by atoms with E-state index in [2.05, 4.69) is 84.8 Å². The number of piperidine rings is 1. The van der Waals surface area contributed by atoms with Gasteiger partial charge in [0.1, 0.15) is 0 Å². The summed E-state index contributed by atoms with van der Waals surface area (Å²) in [5.74, 6) is -0.0496. The van der Waals surface area contributed by atoms with Gasteiger partial charge in [-0.15, -0.1) is 5.10 Å². The molecule has 0 aliphatic carbocycles. The second kappa shape index (κ2) is 17.9. The Morgan fingerprint density at radius 1 is 0.897 bits per heavy atom. The number of nitrogens with zero attached hydrogens (tertiary/aromatic N) is 6. The lowest BCUT2D eigenvalue weighted by Gasteiger charge is -2.38. The van der Waals surface area contributed by atoms with Crippen molar-refractivity contribution in [3.63, 3.8) is 0 Å². The van der Waals surface area contributed by atoms with E-state index in [0.29, 0.717) is 42.1 Å². The van der Waals surface area contributed by atoms with Crippen molar-refractivity contribution in [1.29, 1.82) is 0 Å². The molecule has 7 rings (SSSR count). The minimum absolute atomic E-state index is 0.143. The van der Waals surface area contributed by atoms with E-state index in [9.17, 15) is 19.2 Å². The smallest absolute Gasteiger partial charge is 0.329 e. The van der Waals surface area contributed by atoms with Gasteiger partial charge in [0.25, 0.3) is 11.5 Å². The van der Waals surface area contributed by atoms with Gasteiger partial charge in [0.05, 0.1) is 5.69 Å². The van der Waals surface area contributed by atoms with Crippen LogP contribution in [0.4, 0.5) is 22.0 Å². The van der Waals surface area contributed by atoms with Crippen LogP contribution in [0.25, 0.3) is 11.1 Å². The topological polar surface area (TPSA) is 156 Å². The number of aromatic amines is 1. The molecule has 0 atom stereocenters. The van der Waals surface area contributed by atoms with Crippen molar-refractivity contribution >= 4 is 35.0 Å². The third-order valence-corrected chi connectivity index (χ3v) is 11.9. The van der Waals surface area contributed by atoms with Crippen molar-refractivity contribution in [2.75, 3.05) is 61.1 Å². The van der Waals surface area contributed by atoms with Crippen molar-refractivity contribution in [2.45, 2.75) is 85.0 Å². The predicted molar refractivity (Wildman–Crippen MR) is 225 cm³/mol. The van der Waals surface area contributed by atoms with E-state index in [1.165, 1.54) is 4.90 Å². The fourth-order valence-corrected chi connectivity index (χ4v) is 8.56. The molecule has 2 aromatic carbocycles. The van der Waals surface area contributed by atoms with E-state index in [1.54, 1.807) is 6.07 Å². The van der Waals surface area contributed by atoms with Gasteiger partial charge in [0.15, 0.2) is 5.82 Å². The Morgan fingerprint density at radius 2 is 1.64 bits per heavy atom. The molecule has 0 spiro atoms. The second-order valence-electron chi connectivity index (χ2n) is 15.7. The second-order valence-corrected chi connectivity index (χ2v) is 15.7. The minimum Gasteiger partial charge on any atom is -0.381 e. The summed E-state index contributed by atoms with van der Waals surface area (Å²) in [6.07, 6.45) is 4.10. The number of imide groups is 1. The Hall–Kier alpha value is -5.60. The molecule has 3 N–H and O–H groups in total. The Balaban J connectivity index is 1.03. The predicted octanol–water partition coefficient (Wildman–Crippen LogP) is 5.24. The van der Waals surface area contributed by atoms with Gasteiger partial charge in [-0.05, 0) is 125 Å². The summed E-state index contributed by atoms with van der Waals surface area (Å²) in [5.41, 5.74) is 8.58. The number of aromatic nitrogens is 3. The van der Waals surface area contributed by atoms with Gasteiger partial charge in [-0.1, -0.05) is 12.1 Å². The van der Waals surface area contributed by atoms with E-state index >= 15 is 0 Å². The molecule has 306 valence electrons. The van der Waals surface area contributed by atoms with E-state index < -0.39 is 6.03 Å². The highest BCUT2D eigenvalue weighted by Gasteiger charge is 2.28. The quantitative estimate of drug-likeness (QED) is 0.174. The number of hydrogen-bond donors (Lipinski definition) is 3. The SMILES string of the molecule is CCN(c1cc(-c2ccc(N3CCC(N(C)Cc4ccc(N5CCC(=O)NC5=O)nn4)CC3)cc2)cc(C(=O)NCc2c(C)cc(C)[nH]c2=O)c1C)C1CCOCC1. The van der Waals surface area contributed by atoms with Gasteiger partial charge in [-0.3, -0.25) is 29.5 Å². The number of pyridine rings is 1. The van der Waals surface area contributed by atoms with Crippen molar-refractivity contribution in [3.05, 3.63) is 98.6 Å². The molecule has 4 amide bonds. The van der Waals surface area contributed by atoms with Gasteiger partial charge < -0.3 is 24.8 Å². The molecule has 58 heavy (non-hydrogen) atoms. The third kappa shape index (κ3) is 9.08. The maximum Gasteiger partial charge on any atom is 0.329 e. The molecule has 3 aliphatic rings. The number of nitrogens with one attached hydrogen (secondary N) is 3. The van der Waals surface area contributed by atoms with Gasteiger partial charge in [0.2, 0.25) is 5.91 Å². The standard InChI is InChI=1S/C44H55N9O5/c1-6-52(36-16-21-58-22-17-36)39-25-32(24-37(30(39)4)42(55)45-26-38-28(2)23-29(3)46-43(38)56)31-7-10-35(11-8-31)51-18-13-34(14-19-51)50(5)27-33-9-12-40(49-48-33)53-20-15-41(54)47-44(53)57/h7-12,23-25,34,36H,6,13-22,26-27H2,1-5H3,(H,45,55)(H,46,56)(H,47,54,57). The van der Waals surface area contributed by atoms with Gasteiger partial charge in [-0.25, -0.2) is 4.79 Å². The molecule has 0 radical (unpaired) electrons. The highest BCUT2D eigenvalue weighted by atomic mass is 16.5. The lowest BCUT2D eigenvalue weighted by molar-refractivity contribution is -0.120. The molecule has 0 saturated carbocycles. The number of hydrogen-bond acceptors (Lipinski definition) is 10. The van der Waals surface area contributed by atoms with Crippen LogP contribution in [0, 0.1) is 20.8 Å². The zero-order valence-electron chi connectivity index (χ0n) is 34.3. The number of carbonyl (C=O) groups is 3. The van der Waals surface area contributed by atoms with Gasteiger partial charge in [-0.2, -0.15) is 5.10 Å². The molecule has 4 aromatic rings. The Labute approximate surface area is 340 Å². The molecule has 3 aliphatic heterocycles. The number of rotatable bonds is 12. The summed E-state index contributed by atoms with van der Waals surface area (Å²) in [6, 6.07) is 18.7. The highest BCUT2D eigenvalue weighted by molar-refractivity contribution is 6.05. The molecule has 0 bridgehead atoms. The third-order valence-electron chi connectivity index (χ3n) is 11.9. The van der Waals surface area contributed by atoms with Crippen LogP contribution in [-0.4, -0.2) is 96.5 Å². The summed E-state index contributed by atoms with van der Waals surface area (Å²) in [4.78, 5) is 61.9. The number of H-pyrrole nitrogens is 1. The molecule has 3 saturated heterocycles. The fraction of sp³-hybridized carbons (Fsp3) is 0.455.